The summed E-state index contributed by atoms with van der Waals surface area (Å²) in [7, 11) is -3.64. The fourth-order valence-corrected chi connectivity index (χ4v) is 3.27. The zero-order valence-electron chi connectivity index (χ0n) is 11.1. The van der Waals surface area contributed by atoms with Crippen LogP contribution in [0, 0.1) is 5.92 Å². The van der Waals surface area contributed by atoms with Crippen LogP contribution < -0.4 is 4.90 Å². The number of hydrogen-bond acceptors (Lipinski definition) is 6. The molecule has 21 heavy (non-hydrogen) atoms. The molecule has 6 nitrogen and oxygen atoms in total. The quantitative estimate of drug-likeness (QED) is 0.825. The molecule has 0 saturated carbocycles. The molecule has 0 unspecified atom stereocenters. The highest BCUT2D eigenvalue weighted by molar-refractivity contribution is 7.90. The molecule has 0 aromatic carbocycles. The molecule has 1 atom stereocenters. The minimum Gasteiger partial charge on any atom is -0.396 e. The molecule has 1 aliphatic rings. The Labute approximate surface area is 125 Å². The zero-order chi connectivity index (χ0) is 15.8. The fourth-order valence-electron chi connectivity index (χ4n) is 2.11. The van der Waals surface area contributed by atoms with E-state index in [4.69, 9.17) is 16.7 Å². The van der Waals surface area contributed by atoms with Crippen molar-refractivity contribution < 1.29 is 22.3 Å². The number of sulfone groups is 1. The molecule has 2 heterocycles. The van der Waals surface area contributed by atoms with E-state index in [1.165, 1.54) is 4.90 Å². The molecule has 1 aliphatic heterocycles. The van der Waals surface area contributed by atoms with Crippen LogP contribution in [0.2, 0.25) is 5.02 Å². The molecule has 10 heteroatoms. The van der Waals surface area contributed by atoms with Crippen molar-refractivity contribution in [1.82, 2.24) is 9.97 Å². The summed E-state index contributed by atoms with van der Waals surface area (Å²) < 4.78 is 50.2. The van der Waals surface area contributed by atoms with Crippen LogP contribution in [0.4, 0.5) is 14.7 Å². The monoisotopic (exact) mass is 341 g/mol. The van der Waals surface area contributed by atoms with Gasteiger partial charge in [-0.1, -0.05) is 11.6 Å². The number of piperidine rings is 1. The summed E-state index contributed by atoms with van der Waals surface area (Å²) in [6.07, 6.45) is 1.62. The minimum atomic E-state index is -3.64. The molecule has 1 fully saturated rings. The SMILES string of the molecule is CS(=O)(=O)c1nc(N2CCC(F)(F)[C@H](CO)C2)ncc1Cl. The summed E-state index contributed by atoms with van der Waals surface area (Å²) in [5.74, 6) is -4.20. The van der Waals surface area contributed by atoms with Crippen molar-refractivity contribution in [2.45, 2.75) is 17.4 Å². The van der Waals surface area contributed by atoms with Crippen molar-refractivity contribution in [2.75, 3.05) is 30.9 Å². The van der Waals surface area contributed by atoms with Gasteiger partial charge in [-0.15, -0.1) is 0 Å². The summed E-state index contributed by atoms with van der Waals surface area (Å²) in [5, 5.41) is 8.59. The standard InChI is InChI=1S/C11H14ClF2N3O3S/c1-21(19,20)9-8(12)4-15-10(16-9)17-3-2-11(13,14)7(5-17)6-18/h4,7,18H,2-3,5-6H2,1H3/t7-/m0/s1. The van der Waals surface area contributed by atoms with Gasteiger partial charge in [0, 0.05) is 25.8 Å². The number of aromatic nitrogens is 2. The Hall–Kier alpha value is -1.06. The summed E-state index contributed by atoms with van der Waals surface area (Å²) in [4.78, 5) is 9.16. The third kappa shape index (κ3) is 3.41. The molecule has 118 valence electrons. The molecule has 0 radical (unpaired) electrons. The molecule has 0 bridgehead atoms. The number of rotatable bonds is 3. The van der Waals surface area contributed by atoms with Crippen LogP contribution in [0.3, 0.4) is 0 Å². The van der Waals surface area contributed by atoms with E-state index < -0.39 is 34.7 Å². The van der Waals surface area contributed by atoms with Gasteiger partial charge in [-0.3, -0.25) is 0 Å². The van der Waals surface area contributed by atoms with E-state index in [1.807, 2.05) is 0 Å². The number of aliphatic hydroxyl groups excluding tert-OH is 1. The van der Waals surface area contributed by atoms with Gasteiger partial charge in [-0.25, -0.2) is 22.2 Å². The second-order valence-corrected chi connectivity index (χ2v) is 7.27. The van der Waals surface area contributed by atoms with Gasteiger partial charge in [0.15, 0.2) is 14.9 Å². The molecule has 1 N–H and O–H groups in total. The third-order valence-electron chi connectivity index (χ3n) is 3.31. The lowest BCUT2D eigenvalue weighted by Crippen LogP contribution is -2.49. The molecule has 0 spiro atoms. The average Bonchev–Trinajstić information content (AvgIpc) is 2.38. The van der Waals surface area contributed by atoms with Crippen LogP contribution in [0.15, 0.2) is 11.2 Å². The lowest BCUT2D eigenvalue weighted by Gasteiger charge is -2.37. The molecule has 0 aliphatic carbocycles. The number of halogens is 3. The minimum absolute atomic E-state index is 0.00813. The maximum absolute atomic E-state index is 13.5. The first-order valence-electron chi connectivity index (χ1n) is 6.11. The van der Waals surface area contributed by atoms with E-state index in [2.05, 4.69) is 9.97 Å². The maximum atomic E-state index is 13.5. The smallest absolute Gasteiger partial charge is 0.256 e. The molecule has 0 amide bonds. The molecular formula is C11H14ClF2N3O3S. The van der Waals surface area contributed by atoms with Crippen LogP contribution >= 0.6 is 11.6 Å². The lowest BCUT2D eigenvalue weighted by molar-refractivity contribution is -0.0881. The number of anilines is 1. The van der Waals surface area contributed by atoms with E-state index in [-0.39, 0.29) is 29.1 Å². The first-order chi connectivity index (χ1) is 9.65. The van der Waals surface area contributed by atoms with Gasteiger partial charge in [0.2, 0.25) is 5.95 Å². The molecule has 1 aromatic heterocycles. The second kappa shape index (κ2) is 5.62. The van der Waals surface area contributed by atoms with Gasteiger partial charge in [0.25, 0.3) is 5.92 Å². The number of aliphatic hydroxyl groups is 1. The van der Waals surface area contributed by atoms with Crippen molar-refractivity contribution in [3.63, 3.8) is 0 Å². The number of hydrogen-bond donors (Lipinski definition) is 1. The van der Waals surface area contributed by atoms with Gasteiger partial charge in [-0.2, -0.15) is 4.98 Å². The van der Waals surface area contributed by atoms with Crippen molar-refractivity contribution in [2.24, 2.45) is 5.92 Å². The molecule has 2 rings (SSSR count). The van der Waals surface area contributed by atoms with E-state index in [9.17, 15) is 17.2 Å². The number of alkyl halides is 2. The predicted octanol–water partition coefficient (Wildman–Crippen LogP) is 0.987. The maximum Gasteiger partial charge on any atom is 0.256 e. The lowest BCUT2D eigenvalue weighted by atomic mass is 9.94. The van der Waals surface area contributed by atoms with E-state index in [0.717, 1.165) is 12.5 Å². The van der Waals surface area contributed by atoms with E-state index in [0.29, 0.717) is 0 Å². The summed E-state index contributed by atoms with van der Waals surface area (Å²) in [6, 6.07) is 0. The van der Waals surface area contributed by atoms with E-state index >= 15 is 0 Å². The van der Waals surface area contributed by atoms with Crippen molar-refractivity contribution in [3.05, 3.63) is 11.2 Å². The van der Waals surface area contributed by atoms with Crippen LogP contribution in [-0.2, 0) is 9.84 Å². The van der Waals surface area contributed by atoms with Gasteiger partial charge < -0.3 is 10.0 Å². The Morgan fingerprint density at radius 1 is 1.57 bits per heavy atom. The highest BCUT2D eigenvalue weighted by atomic mass is 35.5. The van der Waals surface area contributed by atoms with Crippen molar-refractivity contribution in [3.8, 4) is 0 Å². The Kier molecular flexibility index (Phi) is 4.36. The molecular weight excluding hydrogens is 328 g/mol. The Morgan fingerprint density at radius 2 is 2.24 bits per heavy atom. The Bertz CT molecular complexity index is 642. The summed E-state index contributed by atoms with van der Waals surface area (Å²) >= 11 is 5.74. The fraction of sp³-hybridized carbons (Fsp3) is 0.636. The van der Waals surface area contributed by atoms with Gasteiger partial charge in [0.1, 0.15) is 0 Å². The van der Waals surface area contributed by atoms with Gasteiger partial charge >= 0.3 is 0 Å². The van der Waals surface area contributed by atoms with Crippen LogP contribution in [0.25, 0.3) is 0 Å². The van der Waals surface area contributed by atoms with E-state index in [1.54, 1.807) is 0 Å². The van der Waals surface area contributed by atoms with Crippen LogP contribution in [0.1, 0.15) is 6.42 Å². The highest BCUT2D eigenvalue weighted by Gasteiger charge is 2.44. The van der Waals surface area contributed by atoms with Crippen LogP contribution in [0.5, 0.6) is 0 Å². The topological polar surface area (TPSA) is 83.4 Å². The van der Waals surface area contributed by atoms with Crippen LogP contribution in [-0.4, -0.2) is 55.4 Å². The molecule has 1 saturated heterocycles. The predicted molar refractivity (Wildman–Crippen MR) is 72.5 cm³/mol. The first-order valence-corrected chi connectivity index (χ1v) is 8.38. The summed E-state index contributed by atoms with van der Waals surface area (Å²) in [6.45, 7) is -0.862. The third-order valence-corrected chi connectivity index (χ3v) is 4.71. The van der Waals surface area contributed by atoms with Crippen molar-refractivity contribution in [1.29, 1.82) is 0 Å². The molecule has 1 aromatic rings. The number of nitrogens with zero attached hydrogens (tertiary/aromatic N) is 3. The van der Waals surface area contributed by atoms with Crippen molar-refractivity contribution >= 4 is 27.4 Å². The average molecular weight is 342 g/mol. The first kappa shape index (κ1) is 16.3. The van der Waals surface area contributed by atoms with Gasteiger partial charge in [0.05, 0.1) is 23.7 Å². The Morgan fingerprint density at radius 3 is 2.81 bits per heavy atom. The largest absolute Gasteiger partial charge is 0.396 e. The normalized spacial score (nSPS) is 22.3. The Balaban J connectivity index is 2.32. The second-order valence-electron chi connectivity index (χ2n) is 4.93. The zero-order valence-corrected chi connectivity index (χ0v) is 12.7. The van der Waals surface area contributed by atoms with Gasteiger partial charge in [-0.05, 0) is 0 Å². The highest BCUT2D eigenvalue weighted by Crippen LogP contribution is 2.34. The summed E-state index contributed by atoms with van der Waals surface area (Å²) in [5.41, 5.74) is 0.